The maximum Gasteiger partial charge on any atom is 0.401 e. The molecule has 1 amide bonds. The average molecular weight is 298 g/mol. The van der Waals surface area contributed by atoms with E-state index in [1.54, 1.807) is 30.5 Å². The van der Waals surface area contributed by atoms with E-state index in [-0.39, 0.29) is 0 Å². The van der Waals surface area contributed by atoms with Crippen molar-refractivity contribution >= 4 is 11.6 Å². The zero-order valence-electron chi connectivity index (χ0n) is 10.9. The number of benzene rings is 1. The third kappa shape index (κ3) is 4.92. The number of nitrogens with zero attached hydrogens (tertiary/aromatic N) is 1. The van der Waals surface area contributed by atoms with Crippen molar-refractivity contribution in [3.63, 3.8) is 0 Å². The van der Waals surface area contributed by atoms with Gasteiger partial charge in [0, 0.05) is 17.4 Å². The van der Waals surface area contributed by atoms with Crippen molar-refractivity contribution in [1.29, 1.82) is 0 Å². The van der Waals surface area contributed by atoms with Gasteiger partial charge in [0.25, 0.3) is 0 Å². The minimum absolute atomic E-state index is 0.409. The number of hydrogen-bond acceptors (Lipinski definition) is 3. The molecule has 2 aromatic rings. The zero-order valence-corrected chi connectivity index (χ0v) is 10.9. The molecule has 3 N–H and O–H groups in total. The van der Waals surface area contributed by atoms with Gasteiger partial charge < -0.3 is 10.6 Å². The van der Waals surface area contributed by atoms with Crippen LogP contribution >= 0.6 is 0 Å². The number of aromatic nitrogens is 2. The minimum atomic E-state index is -4.33. The maximum absolute atomic E-state index is 11.9. The lowest BCUT2D eigenvalue weighted by Gasteiger charge is -2.09. The van der Waals surface area contributed by atoms with Crippen LogP contribution in [-0.2, 0) is 4.79 Å². The Hall–Kier alpha value is -2.35. The molecule has 2 rings (SSSR count). The van der Waals surface area contributed by atoms with Gasteiger partial charge in [0.15, 0.2) is 0 Å². The quantitative estimate of drug-likeness (QED) is 0.792. The highest BCUT2D eigenvalue weighted by Crippen LogP contribution is 2.20. The fraction of sp³-hybridized carbons (Fsp3) is 0.231. The fourth-order valence-electron chi connectivity index (χ4n) is 1.70. The number of nitrogens with one attached hydrogen (secondary N) is 3. The molecule has 0 radical (unpaired) electrons. The van der Waals surface area contributed by atoms with Crippen LogP contribution in [0.2, 0.25) is 0 Å². The molecule has 1 aromatic heterocycles. The van der Waals surface area contributed by atoms with E-state index in [1.807, 2.05) is 11.4 Å². The second-order valence-corrected chi connectivity index (χ2v) is 4.32. The van der Waals surface area contributed by atoms with Crippen molar-refractivity contribution in [3.05, 3.63) is 36.5 Å². The van der Waals surface area contributed by atoms with Gasteiger partial charge in [0.05, 0.1) is 18.8 Å². The van der Waals surface area contributed by atoms with Gasteiger partial charge in [-0.05, 0) is 18.2 Å². The molecule has 0 spiro atoms. The molecule has 8 heteroatoms. The Morgan fingerprint density at radius 2 is 2.10 bits per heavy atom. The second-order valence-electron chi connectivity index (χ2n) is 4.32. The standard InChI is InChI=1S/C13H13F3N4O/c14-13(15,16)8-17-7-12(21)19-10-3-1-2-9(6-10)11-4-5-18-20-11/h1-6,17H,7-8H2,(H,18,20)(H,19,21). The molecule has 0 atom stereocenters. The smallest absolute Gasteiger partial charge is 0.325 e. The van der Waals surface area contributed by atoms with Crippen molar-refractivity contribution in [3.8, 4) is 11.3 Å². The van der Waals surface area contributed by atoms with Crippen molar-refractivity contribution in [2.45, 2.75) is 6.18 Å². The Bertz CT molecular complexity index is 596. The molecule has 0 fully saturated rings. The van der Waals surface area contributed by atoms with Crippen molar-refractivity contribution in [1.82, 2.24) is 15.5 Å². The molecule has 21 heavy (non-hydrogen) atoms. The molecule has 0 aliphatic heterocycles. The van der Waals surface area contributed by atoms with Crippen LogP contribution in [-0.4, -0.2) is 35.4 Å². The predicted octanol–water partition coefficient (Wildman–Crippen LogP) is 2.17. The van der Waals surface area contributed by atoms with E-state index in [2.05, 4.69) is 15.5 Å². The Morgan fingerprint density at radius 3 is 2.76 bits per heavy atom. The van der Waals surface area contributed by atoms with Crippen LogP contribution in [0, 0.1) is 0 Å². The third-order valence-electron chi connectivity index (χ3n) is 2.57. The van der Waals surface area contributed by atoms with Crippen LogP contribution < -0.4 is 10.6 Å². The first kappa shape index (κ1) is 15.0. The predicted molar refractivity (Wildman–Crippen MR) is 71.6 cm³/mol. The van der Waals surface area contributed by atoms with E-state index < -0.39 is 25.2 Å². The number of halogens is 3. The minimum Gasteiger partial charge on any atom is -0.325 e. The van der Waals surface area contributed by atoms with Crippen molar-refractivity contribution < 1.29 is 18.0 Å². The van der Waals surface area contributed by atoms with E-state index in [9.17, 15) is 18.0 Å². The number of alkyl halides is 3. The normalized spacial score (nSPS) is 11.4. The first-order valence-electron chi connectivity index (χ1n) is 6.11. The van der Waals surface area contributed by atoms with Crippen LogP contribution in [0.1, 0.15) is 0 Å². The van der Waals surface area contributed by atoms with Crippen LogP contribution in [0.5, 0.6) is 0 Å². The Morgan fingerprint density at radius 1 is 1.29 bits per heavy atom. The first-order valence-corrected chi connectivity index (χ1v) is 6.11. The molecule has 5 nitrogen and oxygen atoms in total. The summed E-state index contributed by atoms with van der Waals surface area (Å²) in [5.41, 5.74) is 2.09. The number of amides is 1. The number of carbonyl (C=O) groups is 1. The second kappa shape index (κ2) is 6.40. The van der Waals surface area contributed by atoms with E-state index in [0.29, 0.717) is 5.69 Å². The maximum atomic E-state index is 11.9. The van der Waals surface area contributed by atoms with Gasteiger partial charge in [-0.15, -0.1) is 0 Å². The molecule has 0 bridgehead atoms. The summed E-state index contributed by atoms with van der Waals surface area (Å²) < 4.78 is 35.8. The van der Waals surface area contributed by atoms with Crippen LogP contribution in [0.3, 0.4) is 0 Å². The number of anilines is 1. The average Bonchev–Trinajstić information content (AvgIpc) is 2.91. The van der Waals surface area contributed by atoms with Crippen LogP contribution in [0.25, 0.3) is 11.3 Å². The highest BCUT2D eigenvalue weighted by Gasteiger charge is 2.26. The highest BCUT2D eigenvalue weighted by atomic mass is 19.4. The molecule has 0 aliphatic carbocycles. The summed E-state index contributed by atoms with van der Waals surface area (Å²) in [4.78, 5) is 11.5. The van der Waals surface area contributed by atoms with Gasteiger partial charge in [-0.3, -0.25) is 9.89 Å². The highest BCUT2D eigenvalue weighted by molar-refractivity contribution is 5.92. The number of rotatable bonds is 5. The van der Waals surface area contributed by atoms with Gasteiger partial charge in [0.1, 0.15) is 0 Å². The zero-order chi connectivity index (χ0) is 15.3. The topological polar surface area (TPSA) is 69.8 Å². The SMILES string of the molecule is O=C(CNCC(F)(F)F)Nc1cccc(-c2ccn[nH]2)c1. The van der Waals surface area contributed by atoms with E-state index in [0.717, 1.165) is 11.3 Å². The van der Waals surface area contributed by atoms with Crippen molar-refractivity contribution in [2.75, 3.05) is 18.4 Å². The fourth-order valence-corrected chi connectivity index (χ4v) is 1.70. The van der Waals surface area contributed by atoms with E-state index in [1.165, 1.54) is 0 Å². The number of H-pyrrole nitrogens is 1. The monoisotopic (exact) mass is 298 g/mol. The number of hydrogen-bond donors (Lipinski definition) is 3. The lowest BCUT2D eigenvalue weighted by atomic mass is 10.1. The Kier molecular flexibility index (Phi) is 4.59. The van der Waals surface area contributed by atoms with Crippen molar-refractivity contribution in [2.24, 2.45) is 0 Å². The van der Waals surface area contributed by atoms with Crippen LogP contribution in [0.15, 0.2) is 36.5 Å². The molecule has 0 unspecified atom stereocenters. The summed E-state index contributed by atoms with van der Waals surface area (Å²) in [6, 6.07) is 8.68. The molecule has 0 aliphatic rings. The van der Waals surface area contributed by atoms with E-state index in [4.69, 9.17) is 0 Å². The molecule has 0 saturated heterocycles. The summed E-state index contributed by atoms with van der Waals surface area (Å²) in [5, 5.41) is 11.2. The largest absolute Gasteiger partial charge is 0.401 e. The molecule has 1 heterocycles. The van der Waals surface area contributed by atoms with Gasteiger partial charge >= 0.3 is 6.18 Å². The van der Waals surface area contributed by atoms with Gasteiger partial charge in [-0.1, -0.05) is 12.1 Å². The van der Waals surface area contributed by atoms with Gasteiger partial charge in [0.2, 0.25) is 5.91 Å². The molecule has 0 saturated carbocycles. The molecular formula is C13H13F3N4O. The Balaban J connectivity index is 1.91. The third-order valence-corrected chi connectivity index (χ3v) is 2.57. The number of aromatic amines is 1. The summed E-state index contributed by atoms with van der Waals surface area (Å²) in [5.74, 6) is -0.541. The number of carbonyl (C=O) groups excluding carboxylic acids is 1. The molecular weight excluding hydrogens is 285 g/mol. The lowest BCUT2D eigenvalue weighted by Crippen LogP contribution is -2.35. The molecule has 1 aromatic carbocycles. The molecule has 112 valence electrons. The first-order chi connectivity index (χ1) is 9.94. The van der Waals surface area contributed by atoms with Gasteiger partial charge in [-0.2, -0.15) is 18.3 Å². The lowest BCUT2D eigenvalue weighted by molar-refractivity contribution is -0.126. The van der Waals surface area contributed by atoms with Crippen LogP contribution in [0.4, 0.5) is 18.9 Å². The van der Waals surface area contributed by atoms with E-state index >= 15 is 0 Å². The summed E-state index contributed by atoms with van der Waals surface area (Å²) >= 11 is 0. The summed E-state index contributed by atoms with van der Waals surface area (Å²) in [7, 11) is 0. The Labute approximate surface area is 118 Å². The summed E-state index contributed by atoms with van der Waals surface area (Å²) in [6.45, 7) is -1.61. The summed E-state index contributed by atoms with van der Waals surface area (Å²) in [6.07, 6.45) is -2.73. The van der Waals surface area contributed by atoms with Gasteiger partial charge in [-0.25, -0.2) is 0 Å².